The molecular weight excluding hydrogens is 192 g/mol. The third-order valence-corrected chi connectivity index (χ3v) is 2.72. The molecule has 0 saturated carbocycles. The summed E-state index contributed by atoms with van der Waals surface area (Å²) in [5, 5.41) is 0. The maximum absolute atomic E-state index is 10.5. The van der Waals surface area contributed by atoms with Crippen LogP contribution in [-0.4, -0.2) is 13.4 Å². The van der Waals surface area contributed by atoms with E-state index in [2.05, 4.69) is 11.3 Å². The highest BCUT2D eigenvalue weighted by Gasteiger charge is 2.13. The highest BCUT2D eigenvalue weighted by Crippen LogP contribution is 2.13. The summed E-state index contributed by atoms with van der Waals surface area (Å²) in [6.07, 6.45) is 4.25. The standard InChI is InChI=1S/C8H13ClO2Si/c1-4-8(10)11-6-5-7-12(2,3)9/h4-6H,1,7H2,2-3H3. The van der Waals surface area contributed by atoms with Crippen molar-refractivity contribution < 1.29 is 9.53 Å². The Morgan fingerprint density at radius 2 is 2.25 bits per heavy atom. The Balaban J connectivity index is 3.64. The van der Waals surface area contributed by atoms with Gasteiger partial charge in [0.1, 0.15) is 0 Å². The maximum atomic E-state index is 10.5. The molecule has 0 rings (SSSR count). The van der Waals surface area contributed by atoms with E-state index >= 15 is 0 Å². The number of carbonyl (C=O) groups excluding carboxylic acids is 1. The van der Waals surface area contributed by atoms with Crippen LogP contribution in [0.4, 0.5) is 0 Å². The third-order valence-electron chi connectivity index (χ3n) is 1.05. The summed E-state index contributed by atoms with van der Waals surface area (Å²) in [6, 6.07) is 0.791. The van der Waals surface area contributed by atoms with Crippen molar-refractivity contribution in [1.82, 2.24) is 0 Å². The first kappa shape index (κ1) is 11.5. The highest BCUT2D eigenvalue weighted by molar-refractivity contribution is 7.19. The Hall–Kier alpha value is -0.543. The van der Waals surface area contributed by atoms with Gasteiger partial charge >= 0.3 is 5.97 Å². The molecule has 0 spiro atoms. The number of carbonyl (C=O) groups is 1. The van der Waals surface area contributed by atoms with Gasteiger partial charge < -0.3 is 4.74 Å². The fraction of sp³-hybridized carbons (Fsp3) is 0.375. The normalized spacial score (nSPS) is 11.6. The van der Waals surface area contributed by atoms with Gasteiger partial charge in [0, 0.05) is 6.08 Å². The lowest BCUT2D eigenvalue weighted by atomic mass is 10.6. The summed E-state index contributed by atoms with van der Waals surface area (Å²) in [5.41, 5.74) is 0. The minimum absolute atomic E-state index is 0.444. The van der Waals surface area contributed by atoms with Gasteiger partial charge in [-0.2, -0.15) is 11.1 Å². The average Bonchev–Trinajstić information content (AvgIpc) is 1.96. The molecule has 0 aromatic heterocycles. The molecule has 0 fully saturated rings. The van der Waals surface area contributed by atoms with Crippen LogP contribution in [0.1, 0.15) is 0 Å². The molecule has 4 heteroatoms. The second-order valence-electron chi connectivity index (χ2n) is 2.94. The quantitative estimate of drug-likeness (QED) is 0.231. The van der Waals surface area contributed by atoms with E-state index in [9.17, 15) is 4.79 Å². The van der Waals surface area contributed by atoms with Gasteiger partial charge in [0.15, 0.2) is 7.38 Å². The summed E-state index contributed by atoms with van der Waals surface area (Å²) < 4.78 is 4.61. The van der Waals surface area contributed by atoms with Crippen LogP contribution in [0.15, 0.2) is 25.0 Å². The van der Waals surface area contributed by atoms with Gasteiger partial charge in [-0.25, -0.2) is 4.79 Å². The van der Waals surface area contributed by atoms with Gasteiger partial charge in [0.2, 0.25) is 0 Å². The second kappa shape index (κ2) is 5.16. The van der Waals surface area contributed by atoms with E-state index < -0.39 is 13.4 Å². The largest absolute Gasteiger partial charge is 0.432 e. The third kappa shape index (κ3) is 7.56. The molecule has 0 aliphatic carbocycles. The number of ether oxygens (including phenoxy) is 1. The van der Waals surface area contributed by atoms with E-state index in [4.69, 9.17) is 11.1 Å². The molecular formula is C8H13ClO2Si. The van der Waals surface area contributed by atoms with E-state index in [1.165, 1.54) is 6.26 Å². The van der Waals surface area contributed by atoms with Crippen LogP contribution in [0.25, 0.3) is 0 Å². The van der Waals surface area contributed by atoms with Crippen molar-refractivity contribution in [1.29, 1.82) is 0 Å². The second-order valence-corrected chi connectivity index (χ2v) is 9.85. The Kier molecular flexibility index (Phi) is 4.93. The first-order chi connectivity index (χ1) is 5.45. The zero-order valence-corrected chi connectivity index (χ0v) is 9.10. The Morgan fingerprint density at radius 3 is 2.67 bits per heavy atom. The van der Waals surface area contributed by atoms with E-state index in [0.717, 1.165) is 12.1 Å². The number of halogens is 1. The van der Waals surface area contributed by atoms with Crippen molar-refractivity contribution in [3.05, 3.63) is 25.0 Å². The van der Waals surface area contributed by atoms with E-state index in [-0.39, 0.29) is 0 Å². The van der Waals surface area contributed by atoms with Crippen molar-refractivity contribution in [3.8, 4) is 0 Å². The Labute approximate surface area is 78.6 Å². The minimum Gasteiger partial charge on any atom is -0.432 e. The van der Waals surface area contributed by atoms with Gasteiger partial charge in [-0.3, -0.25) is 0 Å². The number of hydrogen-bond acceptors (Lipinski definition) is 2. The van der Waals surface area contributed by atoms with Crippen LogP contribution >= 0.6 is 11.1 Å². The molecule has 0 aromatic rings. The monoisotopic (exact) mass is 204 g/mol. The van der Waals surface area contributed by atoms with Crippen LogP contribution < -0.4 is 0 Å². The van der Waals surface area contributed by atoms with E-state index in [0.29, 0.717) is 0 Å². The molecule has 0 heterocycles. The molecule has 0 unspecified atom stereocenters. The Morgan fingerprint density at radius 1 is 1.67 bits per heavy atom. The zero-order valence-electron chi connectivity index (χ0n) is 7.34. The van der Waals surface area contributed by atoms with Crippen LogP contribution in [-0.2, 0) is 9.53 Å². The predicted octanol–water partition coefficient (Wildman–Crippen LogP) is 2.67. The Bertz CT molecular complexity index is 194. The van der Waals surface area contributed by atoms with Crippen molar-refractivity contribution in [2.75, 3.05) is 0 Å². The molecule has 2 nitrogen and oxygen atoms in total. The average molecular weight is 205 g/mol. The number of allylic oxidation sites excluding steroid dienone is 1. The lowest BCUT2D eigenvalue weighted by Gasteiger charge is -2.07. The molecule has 0 saturated heterocycles. The summed E-state index contributed by atoms with van der Waals surface area (Å²) in [7, 11) is -1.57. The molecule has 68 valence electrons. The van der Waals surface area contributed by atoms with Crippen LogP contribution in [0.2, 0.25) is 19.1 Å². The van der Waals surface area contributed by atoms with E-state index in [1.54, 1.807) is 6.08 Å². The van der Waals surface area contributed by atoms with Crippen LogP contribution in [0.5, 0.6) is 0 Å². The van der Waals surface area contributed by atoms with Crippen molar-refractivity contribution >= 4 is 24.4 Å². The predicted molar refractivity (Wildman–Crippen MR) is 53.6 cm³/mol. The summed E-state index contributed by atoms with van der Waals surface area (Å²) in [5.74, 6) is -0.444. The molecule has 0 bridgehead atoms. The topological polar surface area (TPSA) is 26.3 Å². The van der Waals surface area contributed by atoms with Gasteiger partial charge in [-0.1, -0.05) is 25.7 Å². The smallest absolute Gasteiger partial charge is 0.334 e. The van der Waals surface area contributed by atoms with Crippen LogP contribution in [0, 0.1) is 0 Å². The van der Waals surface area contributed by atoms with Gasteiger partial charge in [0.05, 0.1) is 6.26 Å². The molecule has 0 amide bonds. The van der Waals surface area contributed by atoms with Crippen LogP contribution in [0.3, 0.4) is 0 Å². The van der Waals surface area contributed by atoms with Gasteiger partial charge in [-0.15, -0.1) is 0 Å². The maximum Gasteiger partial charge on any atom is 0.334 e. The lowest BCUT2D eigenvalue weighted by molar-refractivity contribution is -0.132. The fourth-order valence-corrected chi connectivity index (χ4v) is 1.42. The summed E-state index contributed by atoms with van der Waals surface area (Å²) >= 11 is 6.01. The zero-order chi connectivity index (χ0) is 9.61. The minimum atomic E-state index is -1.57. The first-order valence-corrected chi connectivity index (χ1v) is 7.84. The fourth-order valence-electron chi connectivity index (χ4n) is 0.492. The summed E-state index contributed by atoms with van der Waals surface area (Å²) in [6.45, 7) is 7.31. The van der Waals surface area contributed by atoms with Crippen molar-refractivity contribution in [2.45, 2.75) is 19.1 Å². The highest BCUT2D eigenvalue weighted by atomic mass is 35.6. The molecule has 0 aromatic carbocycles. The number of esters is 1. The number of rotatable bonds is 4. The molecule has 0 aliphatic heterocycles. The van der Waals surface area contributed by atoms with Gasteiger partial charge in [0.25, 0.3) is 0 Å². The SMILES string of the molecule is C=CC(=O)OC=CC[Si](C)(C)Cl. The first-order valence-electron chi connectivity index (χ1n) is 3.62. The molecule has 0 atom stereocenters. The molecule has 0 radical (unpaired) electrons. The molecule has 0 aliphatic rings. The van der Waals surface area contributed by atoms with Crippen molar-refractivity contribution in [2.24, 2.45) is 0 Å². The number of hydrogen-bond donors (Lipinski definition) is 0. The van der Waals surface area contributed by atoms with Crippen molar-refractivity contribution in [3.63, 3.8) is 0 Å². The summed E-state index contributed by atoms with van der Waals surface area (Å²) in [4.78, 5) is 10.5. The van der Waals surface area contributed by atoms with Gasteiger partial charge in [-0.05, 0) is 6.04 Å². The van der Waals surface area contributed by atoms with E-state index in [1.807, 2.05) is 13.1 Å². The lowest BCUT2D eigenvalue weighted by Crippen LogP contribution is -2.13. The molecule has 0 N–H and O–H groups in total. The molecule has 12 heavy (non-hydrogen) atoms.